The van der Waals surface area contributed by atoms with Crippen molar-refractivity contribution in [1.82, 2.24) is 30.2 Å². The zero-order chi connectivity index (χ0) is 32.3. The molecule has 2 heterocycles. The third-order valence-corrected chi connectivity index (χ3v) is 10.4. The van der Waals surface area contributed by atoms with Crippen LogP contribution in [0.1, 0.15) is 82.1 Å². The molecule has 0 aliphatic heterocycles. The van der Waals surface area contributed by atoms with E-state index < -0.39 is 0 Å². The molecule has 8 nitrogen and oxygen atoms in total. The summed E-state index contributed by atoms with van der Waals surface area (Å²) in [6.45, 7) is 8.49. The summed E-state index contributed by atoms with van der Waals surface area (Å²) in [6.07, 6.45) is 10.1. The second-order valence-electron chi connectivity index (χ2n) is 13.9. The van der Waals surface area contributed by atoms with Crippen molar-refractivity contribution in [1.29, 1.82) is 0 Å². The number of imidazole rings is 2. The Hall–Kier alpha value is -0.484. The molecule has 269 valence electrons. The van der Waals surface area contributed by atoms with Crippen LogP contribution in [0, 0.1) is 57.3 Å². The molecule has 3 N–H and O–H groups in total. The molecule has 52 heavy (non-hydrogen) atoms. The fraction of sp³-hybridized carbons (Fsp3) is 0.400. The Kier molecular flexibility index (Phi) is 22.7. The smallest absolute Gasteiger partial charge is 0.358 e. The zero-order valence-corrected chi connectivity index (χ0v) is 51.7. The molecule has 0 atom stereocenters. The van der Waals surface area contributed by atoms with E-state index in [2.05, 4.69) is 71.4 Å². The van der Waals surface area contributed by atoms with Crippen molar-refractivity contribution in [2.75, 3.05) is 13.1 Å². The van der Waals surface area contributed by atoms with E-state index >= 15 is 0 Å². The molecule has 0 bridgehead atoms. The van der Waals surface area contributed by atoms with E-state index in [0.717, 1.165) is 103 Å². The summed E-state index contributed by atoms with van der Waals surface area (Å²) < 4.78 is 0.663. The number of nitrogens with one attached hydrogen (secondary N) is 3. The van der Waals surface area contributed by atoms with Gasteiger partial charge in [0.2, 0.25) is 5.91 Å². The van der Waals surface area contributed by atoms with Gasteiger partial charge in [-0.05, 0) is 54.5 Å². The molecule has 2 aromatic heterocycles. The van der Waals surface area contributed by atoms with Crippen molar-refractivity contribution in [3.8, 4) is 23.1 Å². The van der Waals surface area contributed by atoms with Crippen molar-refractivity contribution in [2.45, 2.75) is 69.8 Å². The number of rotatable bonds is 13. The molecule has 2 amide bonds. The number of carbonyl (C=O) groups is 2. The molecule has 2 saturated carbocycles. The molecule has 2 aliphatic rings. The van der Waals surface area contributed by atoms with E-state index in [-0.39, 0.29) is 183 Å². The molecule has 0 saturated heterocycles. The van der Waals surface area contributed by atoms with Crippen LogP contribution in [0.3, 0.4) is 0 Å². The van der Waals surface area contributed by atoms with Crippen LogP contribution in [-0.4, -0.2) is 75.5 Å². The van der Waals surface area contributed by atoms with Gasteiger partial charge in [-0.15, -0.1) is 0 Å². The maximum absolute atomic E-state index is 13.0. The van der Waals surface area contributed by atoms with Gasteiger partial charge in [0.15, 0.2) is 0 Å². The Morgan fingerprint density at radius 1 is 1.00 bits per heavy atom. The number of hydrogen-bond acceptors (Lipinski definition) is 4. The molecule has 2 fully saturated rings. The van der Waals surface area contributed by atoms with Gasteiger partial charge >= 0.3 is 267 Å². The van der Waals surface area contributed by atoms with Gasteiger partial charge in [-0.3, -0.25) is 4.79 Å². The first-order valence-electron chi connectivity index (χ1n) is 16.3. The molecule has 2 aliphatic carbocycles. The van der Waals surface area contributed by atoms with Crippen LogP contribution in [0.4, 0.5) is 0 Å². The standard InChI is InChI=1S/C37H42N6O2.3CH3.Cm.2Cs.Pb/c1-25(2)19-35(45)43(24-36(4)15-16-36)22-34-40-30-12-9-28(20-31(30)41-34)6-5-27-7-10-29(11-8-27)32-21-38-33(42-32)13-14-37(17-18-37)23-39-26(3)44;;;;;;;/h7-13,20-21,25H,3,14-19,22-24H2,1-2,4H3,(H,38,42)(H,39,44)(H,40,41);3*1H3;;;;/q4*-1;;2*+1;. The van der Waals surface area contributed by atoms with Crippen LogP contribution in [0.5, 0.6) is 0 Å². The Morgan fingerprint density at radius 3 is 2.27 bits per heavy atom. The average molecular weight is 1370 g/mol. The topological polar surface area (TPSA) is 107 Å². The van der Waals surface area contributed by atoms with Gasteiger partial charge in [-0.2, -0.15) is 0 Å². The van der Waals surface area contributed by atoms with Crippen molar-refractivity contribution >= 4 is 48.6 Å². The van der Waals surface area contributed by atoms with E-state index in [1.54, 1.807) is 0 Å². The molecule has 0 spiro atoms. The molecule has 4 aromatic rings. The zero-order valence-electron chi connectivity index (χ0n) is 32.4. The number of H-pyrrole nitrogens is 2. The van der Waals surface area contributed by atoms with Crippen molar-refractivity contribution in [3.63, 3.8) is 0 Å². The third-order valence-electron chi connectivity index (χ3n) is 9.13. The van der Waals surface area contributed by atoms with Crippen LogP contribution in [-0.2, 0) is 16.1 Å². The number of fused-ring (bicyclic) bond motifs is 1. The second-order valence-corrected chi connectivity index (χ2v) is 15.3. The molecule has 12 heteroatoms. The van der Waals surface area contributed by atoms with E-state index in [1.165, 1.54) is 12.8 Å². The van der Waals surface area contributed by atoms with Crippen LogP contribution >= 0.6 is 0 Å². The summed E-state index contributed by atoms with van der Waals surface area (Å²) in [5.74, 6) is 8.95. The van der Waals surface area contributed by atoms with Crippen LogP contribution in [0.25, 0.3) is 22.3 Å². The Labute approximate surface area is 440 Å². The minimum Gasteiger partial charge on any atom is -0.358 e. The van der Waals surface area contributed by atoms with Crippen molar-refractivity contribution < 1.29 is 147 Å². The van der Waals surface area contributed by atoms with Crippen LogP contribution in [0.15, 0.2) is 48.7 Å². The number of carbonyl (C=O) groups excluding carboxylic acids is 2. The average Bonchev–Trinajstić information content (AvgIpc) is 3.87. The number of aromatic amines is 2. The maximum atomic E-state index is 13.0. The Bertz CT molecular complexity index is 1790. The first kappa shape index (κ1) is 51.5. The predicted octanol–water partition coefficient (Wildman–Crippen LogP) is 1.31. The fourth-order valence-corrected chi connectivity index (χ4v) is 6.18. The SMILES string of the molecule is CC(C)CC(=O)N(Cc1nc2ccc(C#Cc3ccc(-c4cnc([CH-]CC5(CNC(=O)[CH2][Pb])CC5)[nH]4)cc3)cc2[nH]1)CC1(C)CC1.[CH3-].[CH3-].[CH3-].[Cm].[Cs+].[Cs+]. The molecular formula is C40H51CmCs2N6O2Pb-2. The van der Waals surface area contributed by atoms with Crippen LogP contribution in [0.2, 0.25) is 3.98 Å². The minimum absolute atomic E-state index is 0. The van der Waals surface area contributed by atoms with Crippen molar-refractivity contribution in [2.24, 2.45) is 16.7 Å². The molecule has 0 unspecified atom stereocenters. The second kappa shape index (κ2) is 22.9. The van der Waals surface area contributed by atoms with Gasteiger partial charge in [-0.1, -0.05) is 32.6 Å². The summed E-state index contributed by atoms with van der Waals surface area (Å²) >= 11 is 0.902. The summed E-state index contributed by atoms with van der Waals surface area (Å²) in [7, 11) is 0. The number of benzene rings is 2. The van der Waals surface area contributed by atoms with E-state index in [1.807, 2.05) is 41.4 Å². The predicted molar refractivity (Wildman–Crippen MR) is 201 cm³/mol. The van der Waals surface area contributed by atoms with E-state index in [0.29, 0.717) is 22.9 Å². The number of hydrogen-bond donors (Lipinski definition) is 3. The monoisotopic (exact) mass is 1360 g/mol. The normalized spacial score (nSPS) is 13.9. The van der Waals surface area contributed by atoms with Gasteiger partial charge in [0.1, 0.15) is 5.82 Å². The molecule has 2 aromatic carbocycles. The molecule has 3 radical (unpaired) electrons. The third kappa shape index (κ3) is 14.5. The van der Waals surface area contributed by atoms with Gasteiger partial charge in [0.25, 0.3) is 0 Å². The van der Waals surface area contributed by atoms with Gasteiger partial charge < -0.3 is 32.2 Å². The first-order chi connectivity index (χ1) is 22.1. The van der Waals surface area contributed by atoms with Gasteiger partial charge in [0, 0.05) is 24.1 Å². The van der Waals surface area contributed by atoms with Crippen LogP contribution < -0.4 is 143 Å². The summed E-state index contributed by atoms with van der Waals surface area (Å²) in [6, 6.07) is 14.2. The first-order valence-corrected chi connectivity index (χ1v) is 19.0. The molecular weight excluding hydrogens is 1320 g/mol. The quantitative estimate of drug-likeness (QED) is 0.107. The summed E-state index contributed by atoms with van der Waals surface area (Å²) in [4.78, 5) is 42.9. The van der Waals surface area contributed by atoms with Crippen molar-refractivity contribution in [3.05, 3.63) is 100 Å². The Morgan fingerprint density at radius 2 is 1.65 bits per heavy atom. The summed E-state index contributed by atoms with van der Waals surface area (Å²) in [5.41, 5.74) is 6.12. The Balaban J connectivity index is 0.00000433. The fourth-order valence-electron chi connectivity index (χ4n) is 5.69. The van der Waals surface area contributed by atoms with E-state index in [9.17, 15) is 9.59 Å². The molecule has 6 rings (SSSR count). The number of amides is 2. The van der Waals surface area contributed by atoms with Gasteiger partial charge in [-0.25, -0.2) is 4.98 Å². The van der Waals surface area contributed by atoms with Gasteiger partial charge in [0.05, 0.1) is 17.6 Å². The van der Waals surface area contributed by atoms with E-state index in [4.69, 9.17) is 4.98 Å². The number of nitrogens with zero attached hydrogens (tertiary/aromatic N) is 3. The number of aromatic nitrogens is 4. The summed E-state index contributed by atoms with van der Waals surface area (Å²) in [5, 5.41) is 3.08. The minimum atomic E-state index is 0.